The number of benzene rings is 1. The molecule has 32 heavy (non-hydrogen) atoms. The summed E-state index contributed by atoms with van der Waals surface area (Å²) in [4.78, 5) is 33.1. The predicted octanol–water partition coefficient (Wildman–Crippen LogP) is 3.44. The molecular formula is C24H36N2O6. The van der Waals surface area contributed by atoms with Crippen LogP contribution in [0.15, 0.2) is 49.6 Å². The summed E-state index contributed by atoms with van der Waals surface area (Å²) in [7, 11) is 0. The van der Waals surface area contributed by atoms with Crippen molar-refractivity contribution in [3.8, 4) is 0 Å². The van der Waals surface area contributed by atoms with E-state index in [0.717, 1.165) is 29.7 Å². The van der Waals surface area contributed by atoms with Gasteiger partial charge in [0.15, 0.2) is 0 Å². The lowest BCUT2D eigenvalue weighted by Crippen LogP contribution is -2.39. The first-order chi connectivity index (χ1) is 15.1. The van der Waals surface area contributed by atoms with Gasteiger partial charge in [0.25, 0.3) is 0 Å². The van der Waals surface area contributed by atoms with Crippen LogP contribution < -0.4 is 11.0 Å². The van der Waals surface area contributed by atoms with E-state index in [4.69, 9.17) is 19.1 Å². The second-order valence-electron chi connectivity index (χ2n) is 8.18. The molecule has 0 bridgehead atoms. The van der Waals surface area contributed by atoms with Gasteiger partial charge in [0.05, 0.1) is 24.3 Å². The van der Waals surface area contributed by atoms with Crippen molar-refractivity contribution >= 4 is 11.9 Å². The largest absolute Gasteiger partial charge is 0.463 e. The van der Waals surface area contributed by atoms with Gasteiger partial charge in [-0.2, -0.15) is 11.0 Å². The van der Waals surface area contributed by atoms with Crippen LogP contribution in [0.3, 0.4) is 0 Å². The highest BCUT2D eigenvalue weighted by Crippen LogP contribution is 2.26. The number of hydrogen-bond acceptors (Lipinski definition) is 8. The third kappa shape index (κ3) is 10.2. The van der Waals surface area contributed by atoms with Crippen molar-refractivity contribution in [1.29, 1.82) is 0 Å². The highest BCUT2D eigenvalue weighted by Gasteiger charge is 2.25. The van der Waals surface area contributed by atoms with Crippen LogP contribution in [0.4, 0.5) is 0 Å². The first-order valence-corrected chi connectivity index (χ1v) is 10.6. The molecule has 0 fully saturated rings. The lowest BCUT2D eigenvalue weighted by molar-refractivity contribution is -0.141. The van der Waals surface area contributed by atoms with Gasteiger partial charge < -0.3 is 14.3 Å². The van der Waals surface area contributed by atoms with Crippen molar-refractivity contribution in [1.82, 2.24) is 11.0 Å². The van der Waals surface area contributed by atoms with E-state index in [2.05, 4.69) is 30.2 Å². The Kier molecular flexibility index (Phi) is 11.9. The molecule has 0 aliphatic carbocycles. The topological polar surface area (TPSA) is 95.1 Å². The maximum absolute atomic E-state index is 11.0. The summed E-state index contributed by atoms with van der Waals surface area (Å²) in [5.74, 6) is -0.891. The third-order valence-corrected chi connectivity index (χ3v) is 4.61. The number of ether oxygens (including phenoxy) is 2. The van der Waals surface area contributed by atoms with Gasteiger partial charge in [0.2, 0.25) is 0 Å². The summed E-state index contributed by atoms with van der Waals surface area (Å²) in [5.41, 5.74) is 7.30. The SMILES string of the molecule is C=CC(=O)OCCCCONC(C)(C)c1cccc(C(C)(C)NOCCOC(=O)C=C)c1. The van der Waals surface area contributed by atoms with Crippen LogP contribution in [0.1, 0.15) is 51.7 Å². The van der Waals surface area contributed by atoms with Crippen LogP contribution in [0.2, 0.25) is 0 Å². The van der Waals surface area contributed by atoms with Crippen LogP contribution in [0, 0.1) is 0 Å². The number of carbonyl (C=O) groups excluding carboxylic acids is 2. The zero-order valence-electron chi connectivity index (χ0n) is 19.6. The van der Waals surface area contributed by atoms with Crippen molar-refractivity contribution in [2.45, 2.75) is 51.6 Å². The Morgan fingerprint density at radius 2 is 1.28 bits per heavy atom. The molecule has 178 valence electrons. The van der Waals surface area contributed by atoms with Crippen LogP contribution in [0.25, 0.3) is 0 Å². The zero-order chi connectivity index (χ0) is 24.0. The molecule has 1 aromatic rings. The van der Waals surface area contributed by atoms with E-state index in [1.54, 1.807) is 0 Å². The Morgan fingerprint density at radius 1 is 0.812 bits per heavy atom. The molecular weight excluding hydrogens is 412 g/mol. The molecule has 0 aromatic heterocycles. The maximum atomic E-state index is 11.0. The van der Waals surface area contributed by atoms with E-state index in [1.807, 2.05) is 45.9 Å². The van der Waals surface area contributed by atoms with Gasteiger partial charge in [-0.15, -0.1) is 0 Å². The normalized spacial score (nSPS) is 11.6. The van der Waals surface area contributed by atoms with E-state index in [0.29, 0.717) is 19.6 Å². The quantitative estimate of drug-likeness (QED) is 0.172. The summed E-state index contributed by atoms with van der Waals surface area (Å²) in [5, 5.41) is 0. The summed E-state index contributed by atoms with van der Waals surface area (Å²) < 4.78 is 9.82. The zero-order valence-corrected chi connectivity index (χ0v) is 19.6. The van der Waals surface area contributed by atoms with Crippen LogP contribution >= 0.6 is 0 Å². The van der Waals surface area contributed by atoms with Gasteiger partial charge in [-0.05, 0) is 51.7 Å². The van der Waals surface area contributed by atoms with E-state index >= 15 is 0 Å². The number of rotatable bonds is 16. The molecule has 1 rings (SSSR count). The molecule has 0 saturated carbocycles. The second-order valence-corrected chi connectivity index (χ2v) is 8.18. The van der Waals surface area contributed by atoms with E-state index in [9.17, 15) is 9.59 Å². The standard InChI is InChI=1S/C24H36N2O6/c1-7-21(27)29-14-9-10-15-31-25-23(3,4)19-12-11-13-20(18-19)24(5,6)26-32-17-16-30-22(28)8-2/h7-8,11-13,18,25-26H,1-2,9-10,14-17H2,3-6H3. The number of hydroxylamine groups is 2. The van der Waals surface area contributed by atoms with E-state index in [1.165, 1.54) is 0 Å². The fraction of sp³-hybridized carbons (Fsp3) is 0.500. The van der Waals surface area contributed by atoms with Crippen LogP contribution in [0.5, 0.6) is 0 Å². The molecule has 0 saturated heterocycles. The highest BCUT2D eigenvalue weighted by atomic mass is 16.7. The minimum Gasteiger partial charge on any atom is -0.463 e. The van der Waals surface area contributed by atoms with Crippen molar-refractivity contribution in [3.63, 3.8) is 0 Å². The number of esters is 2. The molecule has 1 aromatic carbocycles. The van der Waals surface area contributed by atoms with Gasteiger partial charge in [-0.25, -0.2) is 9.59 Å². The maximum Gasteiger partial charge on any atom is 0.330 e. The minimum absolute atomic E-state index is 0.138. The number of nitrogens with one attached hydrogen (secondary N) is 2. The lowest BCUT2D eigenvalue weighted by atomic mass is 9.88. The molecule has 0 heterocycles. The number of unbranched alkanes of at least 4 members (excludes halogenated alkanes) is 1. The van der Waals surface area contributed by atoms with Gasteiger partial charge in [-0.1, -0.05) is 37.4 Å². The van der Waals surface area contributed by atoms with Crippen molar-refractivity contribution in [2.24, 2.45) is 0 Å². The third-order valence-electron chi connectivity index (χ3n) is 4.61. The summed E-state index contributed by atoms with van der Waals surface area (Å²) in [6.07, 6.45) is 3.73. The monoisotopic (exact) mass is 448 g/mol. The molecule has 0 spiro atoms. The summed E-state index contributed by atoms with van der Waals surface area (Å²) in [6, 6.07) is 8.11. The number of carbonyl (C=O) groups is 2. The Bertz CT molecular complexity index is 761. The minimum atomic E-state index is -0.478. The smallest absolute Gasteiger partial charge is 0.330 e. The Morgan fingerprint density at radius 3 is 1.81 bits per heavy atom. The highest BCUT2D eigenvalue weighted by molar-refractivity contribution is 5.81. The molecule has 2 N–H and O–H groups in total. The molecule has 0 amide bonds. The summed E-state index contributed by atoms with van der Waals surface area (Å²) >= 11 is 0. The van der Waals surface area contributed by atoms with Gasteiger partial charge in [-0.3, -0.25) is 4.84 Å². The summed E-state index contributed by atoms with van der Waals surface area (Å²) in [6.45, 7) is 16.0. The van der Waals surface area contributed by atoms with Crippen molar-refractivity contribution in [2.75, 3.05) is 26.4 Å². The number of hydrogen-bond donors (Lipinski definition) is 2. The van der Waals surface area contributed by atoms with Crippen molar-refractivity contribution in [3.05, 3.63) is 60.7 Å². The Labute approximate surface area is 190 Å². The van der Waals surface area contributed by atoms with Gasteiger partial charge in [0.1, 0.15) is 13.2 Å². The Hall–Kier alpha value is -2.52. The first kappa shape index (κ1) is 27.5. The molecule has 0 aliphatic heterocycles. The first-order valence-electron chi connectivity index (χ1n) is 10.6. The van der Waals surface area contributed by atoms with Gasteiger partial charge >= 0.3 is 11.9 Å². The van der Waals surface area contributed by atoms with E-state index in [-0.39, 0.29) is 13.2 Å². The molecule has 0 unspecified atom stereocenters. The molecule has 8 nitrogen and oxygen atoms in total. The molecule has 0 aliphatic rings. The fourth-order valence-corrected chi connectivity index (χ4v) is 2.63. The molecule has 0 radical (unpaired) electrons. The molecule has 0 atom stereocenters. The predicted molar refractivity (Wildman–Crippen MR) is 122 cm³/mol. The van der Waals surface area contributed by atoms with Gasteiger partial charge in [0, 0.05) is 12.2 Å². The fourth-order valence-electron chi connectivity index (χ4n) is 2.63. The van der Waals surface area contributed by atoms with Crippen LogP contribution in [-0.4, -0.2) is 38.4 Å². The van der Waals surface area contributed by atoms with Crippen LogP contribution in [-0.2, 0) is 39.8 Å². The second kappa shape index (κ2) is 13.8. The van der Waals surface area contributed by atoms with Crippen molar-refractivity contribution < 1.29 is 28.7 Å². The Balaban J connectivity index is 2.50. The average Bonchev–Trinajstić information content (AvgIpc) is 2.77. The lowest BCUT2D eigenvalue weighted by Gasteiger charge is -2.30. The molecule has 8 heteroatoms. The average molecular weight is 449 g/mol. The van der Waals surface area contributed by atoms with E-state index < -0.39 is 23.0 Å².